The minimum atomic E-state index is -0.602. The van der Waals surface area contributed by atoms with Crippen LogP contribution < -0.4 is 16.0 Å². The Morgan fingerprint density at radius 2 is 1.65 bits per heavy atom. The Bertz CT molecular complexity index is 881. The van der Waals surface area contributed by atoms with Crippen LogP contribution in [0.25, 0.3) is 0 Å². The number of carbonyl (C=O) groups excluding carboxylic acids is 2. The van der Waals surface area contributed by atoms with Crippen molar-refractivity contribution in [2.45, 2.75) is 26.8 Å². The summed E-state index contributed by atoms with van der Waals surface area (Å²) >= 11 is 0. The van der Waals surface area contributed by atoms with E-state index in [1.54, 1.807) is 19.1 Å². The molecule has 0 saturated heterocycles. The highest BCUT2D eigenvalue weighted by molar-refractivity contribution is 6.06. The van der Waals surface area contributed by atoms with Crippen LogP contribution in [0.3, 0.4) is 0 Å². The molecule has 1 aliphatic heterocycles. The van der Waals surface area contributed by atoms with Crippen LogP contribution in [-0.4, -0.2) is 17.0 Å². The number of anilines is 1. The molecule has 6 heteroatoms. The molecule has 3 rings (SSSR count). The lowest BCUT2D eigenvalue weighted by Gasteiger charge is -2.28. The summed E-state index contributed by atoms with van der Waals surface area (Å²) in [4.78, 5) is 24.9. The molecule has 1 heterocycles. The third kappa shape index (κ3) is 3.69. The van der Waals surface area contributed by atoms with Crippen molar-refractivity contribution < 1.29 is 14.7 Å². The zero-order valence-electron chi connectivity index (χ0n) is 14.9. The van der Waals surface area contributed by atoms with E-state index in [1.165, 1.54) is 12.1 Å². The highest BCUT2D eigenvalue weighted by Crippen LogP contribution is 2.29. The van der Waals surface area contributed by atoms with Gasteiger partial charge in [-0.1, -0.05) is 18.2 Å². The summed E-state index contributed by atoms with van der Waals surface area (Å²) in [5.74, 6) is -0.172. The SMILES string of the molecule is CC1=C(C(=O)Nc2cc(C)cc(C)c2)C(c2ccc(O)cc2)NC(=O)N1. The van der Waals surface area contributed by atoms with Crippen LogP contribution >= 0.6 is 0 Å². The zero-order chi connectivity index (χ0) is 18.8. The molecular formula is C20H21N3O3. The van der Waals surface area contributed by atoms with Gasteiger partial charge in [0.1, 0.15) is 5.75 Å². The third-order valence-electron chi connectivity index (χ3n) is 4.22. The van der Waals surface area contributed by atoms with E-state index in [9.17, 15) is 14.7 Å². The number of phenols is 1. The van der Waals surface area contributed by atoms with Gasteiger partial charge in [0.05, 0.1) is 11.6 Å². The van der Waals surface area contributed by atoms with E-state index >= 15 is 0 Å². The van der Waals surface area contributed by atoms with Crippen LogP contribution in [-0.2, 0) is 4.79 Å². The zero-order valence-corrected chi connectivity index (χ0v) is 14.9. The molecule has 2 aromatic rings. The largest absolute Gasteiger partial charge is 0.508 e. The molecular weight excluding hydrogens is 330 g/mol. The molecule has 0 bridgehead atoms. The lowest BCUT2D eigenvalue weighted by molar-refractivity contribution is -0.113. The molecule has 0 aromatic heterocycles. The molecule has 1 unspecified atom stereocenters. The van der Waals surface area contributed by atoms with Gasteiger partial charge in [0.15, 0.2) is 0 Å². The predicted molar refractivity (Wildman–Crippen MR) is 99.8 cm³/mol. The Morgan fingerprint density at radius 3 is 2.27 bits per heavy atom. The first-order chi connectivity index (χ1) is 12.3. The average Bonchev–Trinajstić information content (AvgIpc) is 2.53. The monoisotopic (exact) mass is 351 g/mol. The highest BCUT2D eigenvalue weighted by Gasteiger charge is 2.31. The quantitative estimate of drug-likeness (QED) is 0.684. The van der Waals surface area contributed by atoms with Gasteiger partial charge in [0, 0.05) is 11.4 Å². The van der Waals surface area contributed by atoms with Gasteiger partial charge in [-0.3, -0.25) is 4.79 Å². The summed E-state index contributed by atoms with van der Waals surface area (Å²) in [5.41, 5.74) is 4.44. The maximum absolute atomic E-state index is 12.9. The van der Waals surface area contributed by atoms with Gasteiger partial charge in [-0.2, -0.15) is 0 Å². The normalized spacial score (nSPS) is 16.7. The van der Waals surface area contributed by atoms with E-state index in [1.807, 2.05) is 32.0 Å². The Kier molecular flexibility index (Phi) is 4.67. The number of benzene rings is 2. The molecule has 0 saturated carbocycles. The number of rotatable bonds is 3. The number of aryl methyl sites for hydroxylation is 2. The van der Waals surface area contributed by atoms with E-state index in [2.05, 4.69) is 16.0 Å². The molecule has 0 spiro atoms. The molecule has 0 fully saturated rings. The van der Waals surface area contributed by atoms with E-state index in [0.29, 0.717) is 22.5 Å². The van der Waals surface area contributed by atoms with E-state index in [-0.39, 0.29) is 17.7 Å². The second kappa shape index (κ2) is 6.92. The number of aromatic hydroxyl groups is 1. The summed E-state index contributed by atoms with van der Waals surface area (Å²) < 4.78 is 0. The predicted octanol–water partition coefficient (Wildman–Crippen LogP) is 3.28. The van der Waals surface area contributed by atoms with Gasteiger partial charge in [-0.15, -0.1) is 0 Å². The van der Waals surface area contributed by atoms with E-state index < -0.39 is 6.04 Å². The van der Waals surface area contributed by atoms with Crippen LogP contribution in [0.1, 0.15) is 29.7 Å². The Labute approximate surface area is 151 Å². The van der Waals surface area contributed by atoms with Gasteiger partial charge in [-0.25, -0.2) is 4.79 Å². The van der Waals surface area contributed by atoms with Crippen molar-refractivity contribution >= 4 is 17.6 Å². The highest BCUT2D eigenvalue weighted by atomic mass is 16.3. The van der Waals surface area contributed by atoms with E-state index in [4.69, 9.17) is 0 Å². The topological polar surface area (TPSA) is 90.5 Å². The third-order valence-corrected chi connectivity index (χ3v) is 4.22. The minimum Gasteiger partial charge on any atom is -0.508 e. The Hall–Kier alpha value is -3.28. The molecule has 0 aliphatic carbocycles. The number of hydrogen-bond acceptors (Lipinski definition) is 3. The fourth-order valence-corrected chi connectivity index (χ4v) is 3.16. The molecule has 4 N–H and O–H groups in total. The first-order valence-corrected chi connectivity index (χ1v) is 8.30. The maximum atomic E-state index is 12.9. The van der Waals surface area contributed by atoms with Crippen LogP contribution in [0.2, 0.25) is 0 Å². The molecule has 3 amide bonds. The molecule has 0 radical (unpaired) electrons. The molecule has 26 heavy (non-hydrogen) atoms. The average molecular weight is 351 g/mol. The summed E-state index contributed by atoms with van der Waals surface area (Å²) in [6.45, 7) is 5.63. The van der Waals surface area contributed by atoms with Crippen LogP contribution in [0.5, 0.6) is 5.75 Å². The van der Waals surface area contributed by atoms with Crippen molar-refractivity contribution in [2.75, 3.05) is 5.32 Å². The number of urea groups is 1. The van der Waals surface area contributed by atoms with Gasteiger partial charge in [0.25, 0.3) is 5.91 Å². The lowest BCUT2D eigenvalue weighted by Crippen LogP contribution is -2.45. The fourth-order valence-electron chi connectivity index (χ4n) is 3.16. The molecule has 2 aromatic carbocycles. The Balaban J connectivity index is 1.95. The second-order valence-electron chi connectivity index (χ2n) is 6.49. The first-order valence-electron chi connectivity index (χ1n) is 8.30. The summed E-state index contributed by atoms with van der Waals surface area (Å²) in [5, 5.41) is 17.8. The number of allylic oxidation sites excluding steroid dienone is 1. The van der Waals surface area contributed by atoms with Crippen molar-refractivity contribution in [3.05, 3.63) is 70.4 Å². The standard InChI is InChI=1S/C20H21N3O3/c1-11-8-12(2)10-15(9-11)22-19(25)17-13(3)21-20(26)23-18(17)14-4-6-16(24)7-5-14/h4-10,18,24H,1-3H3,(H,22,25)(H2,21,23,26). The van der Waals surface area contributed by atoms with Crippen LogP contribution in [0.15, 0.2) is 53.7 Å². The molecule has 1 atom stereocenters. The smallest absolute Gasteiger partial charge is 0.319 e. The fraction of sp³-hybridized carbons (Fsp3) is 0.200. The van der Waals surface area contributed by atoms with Gasteiger partial charge >= 0.3 is 6.03 Å². The van der Waals surface area contributed by atoms with Crippen molar-refractivity contribution in [1.29, 1.82) is 0 Å². The van der Waals surface area contributed by atoms with Gasteiger partial charge < -0.3 is 21.1 Å². The maximum Gasteiger partial charge on any atom is 0.319 e. The number of phenolic OH excluding ortho intramolecular Hbond substituents is 1. The number of nitrogens with one attached hydrogen (secondary N) is 3. The molecule has 134 valence electrons. The minimum absolute atomic E-state index is 0.121. The van der Waals surface area contributed by atoms with Gasteiger partial charge in [-0.05, 0) is 61.7 Å². The number of amides is 3. The van der Waals surface area contributed by atoms with Crippen molar-refractivity contribution in [3.8, 4) is 5.75 Å². The number of carbonyl (C=O) groups is 2. The van der Waals surface area contributed by atoms with E-state index in [0.717, 1.165) is 11.1 Å². The van der Waals surface area contributed by atoms with Crippen LogP contribution in [0.4, 0.5) is 10.5 Å². The number of hydrogen-bond donors (Lipinski definition) is 4. The molecule has 6 nitrogen and oxygen atoms in total. The van der Waals surface area contributed by atoms with Crippen molar-refractivity contribution in [2.24, 2.45) is 0 Å². The summed E-state index contributed by atoms with van der Waals surface area (Å²) in [6, 6.07) is 11.3. The second-order valence-corrected chi connectivity index (χ2v) is 6.49. The summed E-state index contributed by atoms with van der Waals surface area (Å²) in [7, 11) is 0. The van der Waals surface area contributed by atoms with Crippen molar-refractivity contribution in [1.82, 2.24) is 10.6 Å². The van der Waals surface area contributed by atoms with Crippen molar-refractivity contribution in [3.63, 3.8) is 0 Å². The Morgan fingerprint density at radius 1 is 1.04 bits per heavy atom. The molecule has 1 aliphatic rings. The van der Waals surface area contributed by atoms with Crippen LogP contribution in [0, 0.1) is 13.8 Å². The summed E-state index contributed by atoms with van der Waals surface area (Å²) in [6.07, 6.45) is 0. The lowest BCUT2D eigenvalue weighted by atomic mass is 9.94. The van der Waals surface area contributed by atoms with Gasteiger partial charge in [0.2, 0.25) is 0 Å². The first kappa shape index (κ1) is 17.5.